The Bertz CT molecular complexity index is 794. The molecule has 0 bridgehead atoms. The second-order valence-corrected chi connectivity index (χ2v) is 5.88. The van der Waals surface area contributed by atoms with Gasteiger partial charge in [0.2, 0.25) is 0 Å². The molecule has 0 aromatic heterocycles. The Morgan fingerprint density at radius 1 is 0.594 bits per heavy atom. The summed E-state index contributed by atoms with van der Waals surface area (Å²) in [6.07, 6.45) is -0.515. The molecule has 0 saturated heterocycles. The summed E-state index contributed by atoms with van der Waals surface area (Å²) in [6.45, 7) is 18.1. The number of ether oxygens (including phenoxy) is 1. The molecule has 0 aliphatic carbocycles. The molecule has 1 unspecified atom stereocenters. The van der Waals surface area contributed by atoms with Gasteiger partial charge in [0.25, 0.3) is 0 Å². The third-order valence-corrected chi connectivity index (χ3v) is 3.93. The smallest absolute Gasteiger partial charge is 0.143 e. The van der Waals surface area contributed by atoms with Crippen molar-refractivity contribution in [3.05, 3.63) is 95.1 Å². The molecule has 0 aliphatic rings. The van der Waals surface area contributed by atoms with Crippen molar-refractivity contribution in [3.8, 4) is 11.5 Å². The Hall–Kier alpha value is -2.95. The highest BCUT2D eigenvalue weighted by molar-refractivity contribution is 5.37. The first kappa shape index (κ1) is 31.2. The summed E-state index contributed by atoms with van der Waals surface area (Å²) in [7, 11) is 0. The summed E-state index contributed by atoms with van der Waals surface area (Å²) in [4.78, 5) is 12.7. The maximum absolute atomic E-state index is 9.30. The first-order valence-electron chi connectivity index (χ1n) is 11.2. The van der Waals surface area contributed by atoms with Gasteiger partial charge in [0.1, 0.15) is 24.4 Å². The highest BCUT2D eigenvalue weighted by atomic mass is 17.1. The van der Waals surface area contributed by atoms with Gasteiger partial charge in [-0.15, -0.1) is 0 Å². The van der Waals surface area contributed by atoms with E-state index >= 15 is 0 Å². The molecule has 0 saturated carbocycles. The van der Waals surface area contributed by atoms with Crippen LogP contribution in [0.5, 0.6) is 11.5 Å². The molecule has 4 heteroatoms. The summed E-state index contributed by atoms with van der Waals surface area (Å²) in [5, 5.41) is 9.30. The average molecular weight is 441 g/mol. The fourth-order valence-corrected chi connectivity index (χ4v) is 2.51. The second-order valence-electron chi connectivity index (χ2n) is 5.88. The molecule has 0 amide bonds. The first-order chi connectivity index (χ1) is 15.7. The van der Waals surface area contributed by atoms with E-state index in [0.717, 1.165) is 28.2 Å². The van der Waals surface area contributed by atoms with E-state index in [-0.39, 0.29) is 0 Å². The quantitative estimate of drug-likeness (QED) is 0.319. The molecular formula is C28H40O4. The lowest BCUT2D eigenvalue weighted by Gasteiger charge is -2.15. The lowest BCUT2D eigenvalue weighted by molar-refractivity contribution is -0.270. The van der Waals surface area contributed by atoms with Crippen molar-refractivity contribution in [2.75, 3.05) is 0 Å². The van der Waals surface area contributed by atoms with E-state index < -0.39 is 6.10 Å². The molecule has 4 nitrogen and oxygen atoms in total. The van der Waals surface area contributed by atoms with Crippen molar-refractivity contribution < 1.29 is 19.7 Å². The zero-order chi connectivity index (χ0) is 24.9. The topological polar surface area (TPSA) is 55.8 Å². The summed E-state index contributed by atoms with van der Waals surface area (Å²) >= 11 is 0. The zero-order valence-corrected chi connectivity index (χ0v) is 20.9. The fourth-order valence-electron chi connectivity index (χ4n) is 2.51. The van der Waals surface area contributed by atoms with Crippen molar-refractivity contribution in [1.29, 1.82) is 0 Å². The maximum Gasteiger partial charge on any atom is 0.143 e. The van der Waals surface area contributed by atoms with E-state index in [9.17, 15) is 5.26 Å². The predicted octanol–water partition coefficient (Wildman–Crippen LogP) is 8.57. The van der Waals surface area contributed by atoms with Crippen molar-refractivity contribution in [2.45, 2.75) is 61.5 Å². The van der Waals surface area contributed by atoms with Crippen LogP contribution in [-0.2, 0) is 9.68 Å². The summed E-state index contributed by atoms with van der Waals surface area (Å²) in [5.74, 6) is 1.53. The molecule has 1 N–H and O–H groups in total. The number of hydrogen-bond donors (Lipinski definition) is 1. The van der Waals surface area contributed by atoms with Crippen LogP contribution >= 0.6 is 0 Å². The van der Waals surface area contributed by atoms with Crippen molar-refractivity contribution in [3.63, 3.8) is 0 Å². The van der Waals surface area contributed by atoms with E-state index in [1.54, 1.807) is 0 Å². The maximum atomic E-state index is 9.30. The van der Waals surface area contributed by atoms with E-state index in [1.807, 2.05) is 135 Å². The number of carbonyl (C=O) groups excluding carboxylic acids is 1. The zero-order valence-electron chi connectivity index (χ0n) is 20.9. The highest BCUT2D eigenvalue weighted by Crippen LogP contribution is 2.28. The van der Waals surface area contributed by atoms with Gasteiger partial charge in [-0.2, -0.15) is 0 Å². The van der Waals surface area contributed by atoms with Gasteiger partial charge in [-0.05, 0) is 49.2 Å². The standard InChI is InChI=1S/C21H20O3.3C2H6.CH2O/c1-15-3-7-17(8-4-15)21(24-22)18-9-13-20(14-10-18)23-19-11-5-16(2)6-12-19;4*1-2/h3-14,21-22H,1-2H3;3*1-2H3;1H2. The largest absolute Gasteiger partial charge is 0.457 e. The van der Waals surface area contributed by atoms with Crippen LogP contribution in [0.1, 0.15) is 69.9 Å². The minimum absolute atomic E-state index is 0.515. The van der Waals surface area contributed by atoms with Crippen LogP contribution in [0, 0.1) is 13.8 Å². The Kier molecular flexibility index (Phi) is 19.5. The summed E-state index contributed by atoms with van der Waals surface area (Å²) < 4.78 is 5.82. The summed E-state index contributed by atoms with van der Waals surface area (Å²) in [5.41, 5.74) is 4.11. The van der Waals surface area contributed by atoms with Crippen LogP contribution in [0.15, 0.2) is 72.8 Å². The van der Waals surface area contributed by atoms with E-state index in [4.69, 9.17) is 14.4 Å². The minimum atomic E-state index is -0.515. The fraction of sp³-hybridized carbons (Fsp3) is 0.321. The molecular weight excluding hydrogens is 400 g/mol. The Labute approximate surface area is 194 Å². The lowest BCUT2D eigenvalue weighted by Crippen LogP contribution is -2.03. The molecule has 0 spiro atoms. The Morgan fingerprint density at radius 3 is 1.22 bits per heavy atom. The SMILES string of the molecule is C=O.CC.CC.CC.Cc1ccc(Oc2ccc(C(OO)c3ccc(C)cc3)cc2)cc1. The average Bonchev–Trinajstić information content (AvgIpc) is 2.88. The van der Waals surface area contributed by atoms with Gasteiger partial charge in [-0.25, -0.2) is 4.89 Å². The molecule has 3 aromatic rings. The van der Waals surface area contributed by atoms with Gasteiger partial charge in [0.05, 0.1) is 0 Å². The minimum Gasteiger partial charge on any atom is -0.457 e. The van der Waals surface area contributed by atoms with Crippen LogP contribution in [-0.4, -0.2) is 12.0 Å². The lowest BCUT2D eigenvalue weighted by atomic mass is 10.0. The number of hydrogen-bond acceptors (Lipinski definition) is 4. The van der Waals surface area contributed by atoms with Crippen LogP contribution in [0.2, 0.25) is 0 Å². The van der Waals surface area contributed by atoms with Gasteiger partial charge in [-0.3, -0.25) is 5.26 Å². The molecule has 0 fully saturated rings. The molecule has 3 aromatic carbocycles. The second kappa shape index (κ2) is 20.0. The van der Waals surface area contributed by atoms with Crippen LogP contribution in [0.25, 0.3) is 0 Å². The van der Waals surface area contributed by atoms with Gasteiger partial charge < -0.3 is 9.53 Å². The van der Waals surface area contributed by atoms with Crippen molar-refractivity contribution >= 4 is 6.79 Å². The molecule has 0 heterocycles. The molecule has 3 rings (SSSR count). The van der Waals surface area contributed by atoms with Crippen LogP contribution in [0.4, 0.5) is 0 Å². The molecule has 1 atom stereocenters. The summed E-state index contributed by atoms with van der Waals surface area (Å²) in [6, 6.07) is 23.3. The third kappa shape index (κ3) is 10.9. The van der Waals surface area contributed by atoms with Crippen molar-refractivity contribution in [1.82, 2.24) is 0 Å². The van der Waals surface area contributed by atoms with Gasteiger partial charge in [0, 0.05) is 0 Å². The van der Waals surface area contributed by atoms with Crippen molar-refractivity contribution in [2.24, 2.45) is 0 Å². The Balaban J connectivity index is 0. The third-order valence-electron chi connectivity index (χ3n) is 3.93. The van der Waals surface area contributed by atoms with Gasteiger partial charge in [0.15, 0.2) is 0 Å². The normalized spacial score (nSPS) is 9.66. The van der Waals surface area contributed by atoms with Gasteiger partial charge >= 0.3 is 0 Å². The number of carbonyl (C=O) groups is 1. The molecule has 0 radical (unpaired) electrons. The van der Waals surface area contributed by atoms with Gasteiger partial charge in [-0.1, -0.05) is 101 Å². The van der Waals surface area contributed by atoms with E-state index in [0.29, 0.717) is 0 Å². The van der Waals surface area contributed by atoms with Crippen LogP contribution in [0.3, 0.4) is 0 Å². The number of benzene rings is 3. The first-order valence-corrected chi connectivity index (χ1v) is 11.2. The van der Waals surface area contributed by atoms with Crippen LogP contribution < -0.4 is 4.74 Å². The monoisotopic (exact) mass is 440 g/mol. The Morgan fingerprint density at radius 2 is 0.875 bits per heavy atom. The predicted molar refractivity (Wildman–Crippen MR) is 136 cm³/mol. The number of aryl methyl sites for hydroxylation is 2. The number of rotatable bonds is 5. The highest BCUT2D eigenvalue weighted by Gasteiger charge is 2.15. The van der Waals surface area contributed by atoms with E-state index in [2.05, 4.69) is 0 Å². The van der Waals surface area contributed by atoms with E-state index in [1.165, 1.54) is 5.56 Å². The molecule has 32 heavy (non-hydrogen) atoms. The molecule has 0 aliphatic heterocycles. The molecule has 176 valence electrons.